The van der Waals surface area contributed by atoms with E-state index in [1.807, 2.05) is 63.8 Å². The molecule has 2 atom stereocenters. The quantitative estimate of drug-likeness (QED) is 0.602. The van der Waals surface area contributed by atoms with Crippen LogP contribution >= 0.6 is 0 Å². The van der Waals surface area contributed by atoms with Gasteiger partial charge in [-0.2, -0.15) is 5.10 Å². The summed E-state index contributed by atoms with van der Waals surface area (Å²) in [5.74, 6) is 2.88. The predicted molar refractivity (Wildman–Crippen MR) is 129 cm³/mol. The fraction of sp³-hybridized carbons (Fsp3) is 0.458. The van der Waals surface area contributed by atoms with Crippen LogP contribution in [0.4, 0.5) is 22.2 Å². The minimum Gasteiger partial charge on any atom is -0.444 e. The number of nitrogens with one attached hydrogen (secondary N) is 2. The van der Waals surface area contributed by atoms with E-state index in [2.05, 4.69) is 35.4 Å². The summed E-state index contributed by atoms with van der Waals surface area (Å²) in [5.41, 5.74) is 2.17. The summed E-state index contributed by atoms with van der Waals surface area (Å²) in [5, 5.41) is 10.3. The maximum Gasteiger partial charge on any atom is 0.410 e. The molecule has 34 heavy (non-hydrogen) atoms. The van der Waals surface area contributed by atoms with Crippen LogP contribution in [-0.2, 0) is 4.74 Å². The molecule has 3 aromatic rings. The summed E-state index contributed by atoms with van der Waals surface area (Å²) in [4.78, 5) is 30.5. The number of hydrogen-bond donors (Lipinski definition) is 2. The summed E-state index contributed by atoms with van der Waals surface area (Å²) in [7, 11) is 0. The van der Waals surface area contributed by atoms with Crippen molar-refractivity contribution in [2.75, 3.05) is 23.3 Å². The number of piperazine rings is 1. The van der Waals surface area contributed by atoms with Crippen molar-refractivity contribution < 1.29 is 9.53 Å². The minimum atomic E-state index is -0.484. The number of nitrogens with zero attached hydrogens (tertiary/aromatic N) is 6. The van der Waals surface area contributed by atoms with Gasteiger partial charge in [0.25, 0.3) is 0 Å². The van der Waals surface area contributed by atoms with Gasteiger partial charge < -0.3 is 15.0 Å². The van der Waals surface area contributed by atoms with E-state index in [0.29, 0.717) is 17.5 Å². The molecule has 10 nitrogen and oxygen atoms in total. The molecule has 178 valence electrons. The molecule has 0 aromatic carbocycles. The van der Waals surface area contributed by atoms with Crippen LogP contribution in [0.2, 0.25) is 0 Å². The molecular formula is C24H30N8O2. The van der Waals surface area contributed by atoms with Crippen LogP contribution in [0, 0.1) is 13.8 Å². The average molecular weight is 463 g/mol. The van der Waals surface area contributed by atoms with Gasteiger partial charge in [0.15, 0.2) is 11.6 Å². The second kappa shape index (κ2) is 8.27. The van der Waals surface area contributed by atoms with Crippen LogP contribution in [-0.4, -0.2) is 66.9 Å². The van der Waals surface area contributed by atoms with Crippen molar-refractivity contribution in [3.63, 3.8) is 0 Å². The highest BCUT2D eigenvalue weighted by molar-refractivity contribution is 5.71. The Morgan fingerprint density at radius 1 is 1.12 bits per heavy atom. The van der Waals surface area contributed by atoms with Gasteiger partial charge in [-0.3, -0.25) is 10.00 Å². The molecule has 6 rings (SSSR count). The normalized spacial score (nSPS) is 19.6. The highest BCUT2D eigenvalue weighted by Gasteiger charge is 2.49. The first-order valence-corrected chi connectivity index (χ1v) is 11.5. The Morgan fingerprint density at radius 2 is 1.88 bits per heavy atom. The summed E-state index contributed by atoms with van der Waals surface area (Å²) in [6.07, 6.45) is 2.59. The van der Waals surface area contributed by atoms with Gasteiger partial charge in [-0.25, -0.2) is 19.7 Å². The molecule has 3 fully saturated rings. The van der Waals surface area contributed by atoms with E-state index in [4.69, 9.17) is 4.74 Å². The number of ether oxygens (including phenoxy) is 1. The van der Waals surface area contributed by atoms with Crippen LogP contribution in [0.1, 0.15) is 38.6 Å². The minimum absolute atomic E-state index is 0.162. The van der Waals surface area contributed by atoms with Gasteiger partial charge in [0, 0.05) is 48.4 Å². The van der Waals surface area contributed by atoms with Crippen molar-refractivity contribution in [2.45, 2.75) is 58.7 Å². The zero-order chi connectivity index (χ0) is 24.0. The number of hydrogen-bond acceptors (Lipinski definition) is 8. The Hall–Kier alpha value is -3.69. The number of fused-ring (bicyclic) bond motifs is 2. The van der Waals surface area contributed by atoms with Gasteiger partial charge in [-0.1, -0.05) is 0 Å². The maximum absolute atomic E-state index is 12.5. The standard InChI is InChI=1S/C24H30N8O2/c1-14-8-19(27-20-9-15(2)29-30-20)28-22(26-14)16-6-7-21(25-11-16)31-12-17-10-18(13-31)32(17)23(33)34-24(3,4)5/h6-9,11,17-18H,10,12-13H2,1-5H3,(H2,26,27,28,29,30). The molecule has 3 aliphatic rings. The molecule has 10 heteroatoms. The Labute approximate surface area is 198 Å². The summed E-state index contributed by atoms with van der Waals surface area (Å²) >= 11 is 0. The first kappa shape index (κ1) is 22.1. The molecule has 0 aliphatic carbocycles. The highest BCUT2D eigenvalue weighted by atomic mass is 16.6. The van der Waals surface area contributed by atoms with Crippen molar-refractivity contribution in [3.05, 3.63) is 41.9 Å². The Bertz CT molecular complexity index is 1190. The van der Waals surface area contributed by atoms with Gasteiger partial charge in [0.2, 0.25) is 0 Å². The van der Waals surface area contributed by atoms with Gasteiger partial charge in [0.1, 0.15) is 17.2 Å². The molecule has 3 aromatic heterocycles. The van der Waals surface area contributed by atoms with Crippen molar-refractivity contribution >= 4 is 23.5 Å². The highest BCUT2D eigenvalue weighted by Crippen LogP contribution is 2.35. The number of carbonyl (C=O) groups is 1. The molecule has 0 spiro atoms. The molecule has 6 heterocycles. The first-order chi connectivity index (χ1) is 16.1. The molecule has 0 radical (unpaired) electrons. The van der Waals surface area contributed by atoms with Crippen LogP contribution in [0.25, 0.3) is 11.4 Å². The Morgan fingerprint density at radius 3 is 2.50 bits per heavy atom. The van der Waals surface area contributed by atoms with E-state index in [9.17, 15) is 4.79 Å². The second-order valence-electron chi connectivity index (χ2n) is 10.0. The number of H-pyrrole nitrogens is 1. The van der Waals surface area contributed by atoms with Gasteiger partial charge in [-0.05, 0) is 53.2 Å². The van der Waals surface area contributed by atoms with Crippen LogP contribution in [0.15, 0.2) is 30.5 Å². The third-order valence-corrected chi connectivity index (χ3v) is 5.94. The molecule has 3 aliphatic heterocycles. The van der Waals surface area contributed by atoms with Gasteiger partial charge >= 0.3 is 6.09 Å². The molecule has 0 saturated carbocycles. The zero-order valence-corrected chi connectivity index (χ0v) is 20.2. The second-order valence-corrected chi connectivity index (χ2v) is 10.0. The maximum atomic E-state index is 12.5. The van der Waals surface area contributed by atoms with Crippen molar-refractivity contribution in [3.8, 4) is 11.4 Å². The topological polar surface area (TPSA) is 112 Å². The largest absolute Gasteiger partial charge is 0.444 e. The lowest BCUT2D eigenvalue weighted by Gasteiger charge is -2.56. The SMILES string of the molecule is Cc1cc(Nc2cc(C)[nH]n2)nc(-c2ccc(N3CC4CC(C3)N4C(=O)OC(C)(C)C)nc2)n1. The number of carbonyl (C=O) groups excluding carboxylic acids is 1. The van der Waals surface area contributed by atoms with E-state index in [1.165, 1.54) is 0 Å². The summed E-state index contributed by atoms with van der Waals surface area (Å²) in [6.45, 7) is 11.1. The van der Waals surface area contributed by atoms with Gasteiger partial charge in [-0.15, -0.1) is 0 Å². The van der Waals surface area contributed by atoms with Gasteiger partial charge in [0.05, 0.1) is 12.1 Å². The Kier molecular flexibility index (Phi) is 5.38. The summed E-state index contributed by atoms with van der Waals surface area (Å²) in [6, 6.07) is 8.11. The molecule has 2 N–H and O–H groups in total. The lowest BCUT2D eigenvalue weighted by molar-refractivity contribution is -0.0380. The van der Waals surface area contributed by atoms with E-state index >= 15 is 0 Å². The zero-order valence-electron chi connectivity index (χ0n) is 20.2. The Balaban J connectivity index is 1.27. The first-order valence-electron chi connectivity index (χ1n) is 11.5. The monoisotopic (exact) mass is 462 g/mol. The van der Waals surface area contributed by atoms with Crippen molar-refractivity contribution in [1.29, 1.82) is 0 Å². The van der Waals surface area contributed by atoms with E-state index in [0.717, 1.165) is 42.3 Å². The van der Waals surface area contributed by atoms with E-state index < -0.39 is 5.60 Å². The van der Waals surface area contributed by atoms with Crippen molar-refractivity contribution in [2.24, 2.45) is 0 Å². The lowest BCUT2D eigenvalue weighted by atomic mass is 9.88. The number of aromatic amines is 1. The molecule has 2 bridgehead atoms. The fourth-order valence-corrected chi connectivity index (χ4v) is 4.49. The fourth-order valence-electron chi connectivity index (χ4n) is 4.49. The molecular weight excluding hydrogens is 432 g/mol. The average Bonchev–Trinajstić information content (AvgIpc) is 3.16. The number of pyridine rings is 1. The predicted octanol–water partition coefficient (Wildman–Crippen LogP) is 3.82. The molecule has 3 saturated heterocycles. The number of amides is 1. The molecule has 2 unspecified atom stereocenters. The smallest absolute Gasteiger partial charge is 0.410 e. The molecule has 1 amide bonds. The number of rotatable bonds is 4. The number of aryl methyl sites for hydroxylation is 2. The third kappa shape index (κ3) is 4.52. The van der Waals surface area contributed by atoms with E-state index in [-0.39, 0.29) is 18.2 Å². The third-order valence-electron chi connectivity index (χ3n) is 5.94. The van der Waals surface area contributed by atoms with Crippen LogP contribution < -0.4 is 10.2 Å². The number of anilines is 3. The van der Waals surface area contributed by atoms with E-state index in [1.54, 1.807) is 6.20 Å². The van der Waals surface area contributed by atoms with Crippen molar-refractivity contribution in [1.82, 2.24) is 30.0 Å². The van der Waals surface area contributed by atoms with Crippen LogP contribution in [0.3, 0.4) is 0 Å². The summed E-state index contributed by atoms with van der Waals surface area (Å²) < 4.78 is 5.57. The number of aromatic nitrogens is 5. The number of piperidine rings is 1. The van der Waals surface area contributed by atoms with Crippen LogP contribution in [0.5, 0.6) is 0 Å². The lowest BCUT2D eigenvalue weighted by Crippen LogP contribution is -2.70.